The highest BCUT2D eigenvalue weighted by Gasteiger charge is 2.50. The first-order valence-electron chi connectivity index (χ1n) is 13.5. The quantitative estimate of drug-likeness (QED) is 0.282. The molecule has 40 heavy (non-hydrogen) atoms. The zero-order valence-electron chi connectivity index (χ0n) is 24.0. The Morgan fingerprint density at radius 1 is 0.975 bits per heavy atom. The maximum Gasteiger partial charge on any atom is 0.274 e. The Labute approximate surface area is 234 Å². The smallest absolute Gasteiger partial charge is 0.274 e. The first-order valence-corrected chi connectivity index (χ1v) is 13.5. The van der Waals surface area contributed by atoms with Crippen molar-refractivity contribution in [2.24, 2.45) is 5.92 Å². The summed E-state index contributed by atoms with van der Waals surface area (Å²) in [6.07, 6.45) is 0.595. The van der Waals surface area contributed by atoms with Crippen LogP contribution >= 0.6 is 0 Å². The van der Waals surface area contributed by atoms with Crippen LogP contribution in [-0.4, -0.2) is 72.7 Å². The highest BCUT2D eigenvalue weighted by atomic mass is 16.6. The number of aromatic nitrogens is 1. The average Bonchev–Trinajstić information content (AvgIpc) is 3.45. The van der Waals surface area contributed by atoms with Crippen LogP contribution in [0.15, 0.2) is 40.9 Å². The van der Waals surface area contributed by atoms with Crippen LogP contribution < -0.4 is 16.0 Å². The highest BCUT2D eigenvalue weighted by Crippen LogP contribution is 2.29. The molecule has 1 saturated heterocycles. The molecule has 1 aliphatic rings. The minimum absolute atomic E-state index is 0.0296. The van der Waals surface area contributed by atoms with E-state index in [4.69, 9.17) is 14.0 Å². The number of methoxy groups -OCH3 is 1. The number of nitrogens with zero attached hydrogens (tertiary/aromatic N) is 1. The highest BCUT2D eigenvalue weighted by molar-refractivity contribution is 5.99. The van der Waals surface area contributed by atoms with Crippen molar-refractivity contribution in [3.63, 3.8) is 0 Å². The van der Waals surface area contributed by atoms with E-state index in [1.807, 2.05) is 58.0 Å². The second-order valence-corrected chi connectivity index (χ2v) is 11.1. The molecule has 0 spiro atoms. The van der Waals surface area contributed by atoms with Gasteiger partial charge in [-0.1, -0.05) is 63.2 Å². The van der Waals surface area contributed by atoms with Gasteiger partial charge in [-0.05, 0) is 24.8 Å². The molecule has 3 N–H and O–H groups in total. The van der Waals surface area contributed by atoms with Gasteiger partial charge in [-0.25, -0.2) is 0 Å². The summed E-state index contributed by atoms with van der Waals surface area (Å²) < 4.78 is 15.7. The van der Waals surface area contributed by atoms with Crippen LogP contribution in [0, 0.1) is 5.92 Å². The molecule has 3 amide bonds. The van der Waals surface area contributed by atoms with E-state index in [0.29, 0.717) is 18.8 Å². The van der Waals surface area contributed by atoms with Gasteiger partial charge in [-0.15, -0.1) is 0 Å². The van der Waals surface area contributed by atoms with E-state index in [2.05, 4.69) is 21.1 Å². The fraction of sp³-hybridized carbons (Fsp3) is 0.552. The standard InChI is InChI=1S/C29H40N4O7/c1-17(2)12-20(25(34)29(5)16-39-29)30-26(35)21(13-19-10-8-7-9-11-19)31-28(37)23(15-38-6)32-27(36)22-14-24(18(3)4)40-33-22/h7-11,14,17-18,20-21,23H,12-13,15-16H2,1-6H3,(H,30,35)(H,31,37)(H,32,36)/t20?,21-,23?,29+/m0/s1. The zero-order valence-corrected chi connectivity index (χ0v) is 24.0. The molecule has 0 saturated carbocycles. The molecule has 218 valence electrons. The van der Waals surface area contributed by atoms with Gasteiger partial charge in [0.05, 0.1) is 19.3 Å². The Morgan fingerprint density at radius 3 is 2.15 bits per heavy atom. The number of hydrogen-bond acceptors (Lipinski definition) is 8. The molecule has 11 nitrogen and oxygen atoms in total. The third-order valence-corrected chi connectivity index (χ3v) is 6.64. The number of carbonyl (C=O) groups excluding carboxylic acids is 4. The lowest BCUT2D eigenvalue weighted by Crippen LogP contribution is -2.58. The maximum atomic E-state index is 13.6. The van der Waals surface area contributed by atoms with Crippen molar-refractivity contribution in [3.8, 4) is 0 Å². The van der Waals surface area contributed by atoms with Crippen molar-refractivity contribution in [2.75, 3.05) is 20.3 Å². The number of Topliss-reactive ketones (excluding diaryl/α,β-unsaturated/α-hetero) is 1. The molecule has 1 fully saturated rings. The van der Waals surface area contributed by atoms with Crippen LogP contribution in [0.1, 0.15) is 68.8 Å². The van der Waals surface area contributed by atoms with Crippen LogP contribution in [0.3, 0.4) is 0 Å². The van der Waals surface area contributed by atoms with Crippen LogP contribution in [-0.2, 0) is 30.3 Å². The van der Waals surface area contributed by atoms with Gasteiger partial charge in [0.1, 0.15) is 23.4 Å². The number of ether oxygens (including phenoxy) is 2. The number of carbonyl (C=O) groups is 4. The van der Waals surface area contributed by atoms with Gasteiger partial charge >= 0.3 is 0 Å². The van der Waals surface area contributed by atoms with E-state index in [1.54, 1.807) is 6.92 Å². The Balaban J connectivity index is 1.78. The van der Waals surface area contributed by atoms with Crippen LogP contribution in [0.25, 0.3) is 0 Å². The van der Waals surface area contributed by atoms with Gasteiger partial charge in [0.25, 0.3) is 5.91 Å². The predicted molar refractivity (Wildman–Crippen MR) is 147 cm³/mol. The van der Waals surface area contributed by atoms with Crippen LogP contribution in [0.2, 0.25) is 0 Å². The Kier molecular flexibility index (Phi) is 10.6. The van der Waals surface area contributed by atoms with E-state index < -0.39 is 41.4 Å². The fourth-order valence-corrected chi connectivity index (χ4v) is 4.18. The Bertz CT molecular complexity index is 1170. The number of ketones is 1. The molecular weight excluding hydrogens is 516 g/mol. The normalized spacial score (nSPS) is 18.6. The molecule has 1 aliphatic heterocycles. The van der Waals surface area contributed by atoms with Gasteiger partial charge in [0.2, 0.25) is 11.8 Å². The summed E-state index contributed by atoms with van der Waals surface area (Å²) >= 11 is 0. The number of epoxide rings is 1. The summed E-state index contributed by atoms with van der Waals surface area (Å²) in [7, 11) is 1.40. The third kappa shape index (κ3) is 8.46. The molecule has 11 heteroatoms. The second kappa shape index (κ2) is 13.7. The molecule has 2 heterocycles. The third-order valence-electron chi connectivity index (χ3n) is 6.64. The Hall–Kier alpha value is -3.57. The summed E-state index contributed by atoms with van der Waals surface area (Å²) in [5, 5.41) is 12.0. The van der Waals surface area contributed by atoms with E-state index in [-0.39, 0.29) is 36.3 Å². The number of amides is 3. The topological polar surface area (TPSA) is 152 Å². The van der Waals surface area contributed by atoms with Crippen molar-refractivity contribution >= 4 is 23.5 Å². The fourth-order valence-electron chi connectivity index (χ4n) is 4.18. The van der Waals surface area contributed by atoms with Gasteiger partial charge in [-0.2, -0.15) is 0 Å². The van der Waals surface area contributed by atoms with E-state index in [0.717, 1.165) is 5.56 Å². The first-order chi connectivity index (χ1) is 18.9. The van der Waals surface area contributed by atoms with E-state index in [9.17, 15) is 19.2 Å². The summed E-state index contributed by atoms with van der Waals surface area (Å²) in [5.41, 5.74) is -0.0691. The lowest BCUT2D eigenvalue weighted by atomic mass is 9.93. The van der Waals surface area contributed by atoms with Crippen molar-refractivity contribution in [3.05, 3.63) is 53.4 Å². The summed E-state index contributed by atoms with van der Waals surface area (Å²) in [4.78, 5) is 52.8. The molecule has 3 rings (SSSR count). The average molecular weight is 557 g/mol. The maximum absolute atomic E-state index is 13.6. The summed E-state index contributed by atoms with van der Waals surface area (Å²) in [5.74, 6) is -1.25. The van der Waals surface area contributed by atoms with Crippen molar-refractivity contribution in [1.82, 2.24) is 21.1 Å². The lowest BCUT2D eigenvalue weighted by molar-refractivity contribution is -0.133. The van der Waals surface area contributed by atoms with E-state index in [1.165, 1.54) is 13.2 Å². The van der Waals surface area contributed by atoms with Gasteiger partial charge in [0.15, 0.2) is 11.5 Å². The number of rotatable bonds is 15. The molecular formula is C29H40N4O7. The summed E-state index contributed by atoms with van der Waals surface area (Å²) in [6.45, 7) is 9.59. The lowest BCUT2D eigenvalue weighted by Gasteiger charge is -2.26. The summed E-state index contributed by atoms with van der Waals surface area (Å²) in [6, 6.07) is 7.80. The second-order valence-electron chi connectivity index (χ2n) is 11.1. The monoisotopic (exact) mass is 556 g/mol. The largest absolute Gasteiger partial charge is 0.382 e. The number of nitrogens with one attached hydrogen (secondary N) is 3. The Morgan fingerprint density at radius 2 is 1.60 bits per heavy atom. The van der Waals surface area contributed by atoms with Crippen molar-refractivity contribution in [1.29, 1.82) is 0 Å². The molecule has 2 aromatic rings. The first kappa shape index (κ1) is 31.0. The van der Waals surface area contributed by atoms with E-state index >= 15 is 0 Å². The molecule has 0 aliphatic carbocycles. The molecule has 1 aromatic carbocycles. The molecule has 1 aromatic heterocycles. The van der Waals surface area contributed by atoms with Crippen molar-refractivity contribution in [2.45, 2.75) is 77.1 Å². The predicted octanol–water partition coefficient (Wildman–Crippen LogP) is 2.16. The van der Waals surface area contributed by atoms with Crippen LogP contribution in [0.4, 0.5) is 0 Å². The SMILES string of the molecule is COCC(NC(=O)c1cc(C(C)C)on1)C(=O)N[C@@H](Cc1ccccc1)C(=O)NC(CC(C)C)C(=O)[C@@]1(C)CO1. The van der Waals surface area contributed by atoms with Gasteiger partial charge < -0.3 is 29.9 Å². The zero-order chi connectivity index (χ0) is 29.4. The number of benzene rings is 1. The molecule has 0 bridgehead atoms. The van der Waals surface area contributed by atoms with Crippen LogP contribution in [0.5, 0.6) is 0 Å². The van der Waals surface area contributed by atoms with Gasteiger partial charge in [-0.3, -0.25) is 19.2 Å². The molecule has 0 radical (unpaired) electrons. The minimum Gasteiger partial charge on any atom is -0.382 e. The van der Waals surface area contributed by atoms with Crippen molar-refractivity contribution < 1.29 is 33.2 Å². The minimum atomic E-state index is -1.12. The number of hydrogen-bond donors (Lipinski definition) is 3. The molecule has 4 atom stereocenters. The van der Waals surface area contributed by atoms with Gasteiger partial charge in [0, 0.05) is 25.5 Å². The molecule has 2 unspecified atom stereocenters.